The Morgan fingerprint density at radius 1 is 1.50 bits per heavy atom. The topological polar surface area (TPSA) is 91.0 Å². The van der Waals surface area contributed by atoms with E-state index in [2.05, 4.69) is 9.84 Å². The predicted molar refractivity (Wildman–Crippen MR) is 65.6 cm³/mol. The average Bonchev–Trinajstić information content (AvgIpc) is 2.73. The Kier molecular flexibility index (Phi) is 5.10. The first-order chi connectivity index (χ1) is 8.60. The molecule has 18 heavy (non-hydrogen) atoms. The van der Waals surface area contributed by atoms with Gasteiger partial charge in [0.2, 0.25) is 11.5 Å². The third-order valence-corrected chi connectivity index (χ3v) is 2.34. The molecule has 0 saturated carbocycles. The molecule has 2 N–H and O–H groups in total. The second-order valence-corrected chi connectivity index (χ2v) is 3.65. The zero-order chi connectivity index (χ0) is 13.5. The lowest BCUT2D eigenvalue weighted by Crippen LogP contribution is -2.30. The highest BCUT2D eigenvalue weighted by Crippen LogP contribution is 2.19. The summed E-state index contributed by atoms with van der Waals surface area (Å²) in [5.74, 6) is 4.36. The van der Waals surface area contributed by atoms with Gasteiger partial charge in [-0.15, -0.1) is 0 Å². The third-order valence-electron chi connectivity index (χ3n) is 2.34. The van der Waals surface area contributed by atoms with E-state index in [0.29, 0.717) is 5.76 Å². The van der Waals surface area contributed by atoms with Crippen LogP contribution < -0.4 is 5.84 Å². The van der Waals surface area contributed by atoms with Crippen molar-refractivity contribution in [1.82, 2.24) is 0 Å². The van der Waals surface area contributed by atoms with E-state index in [1.54, 1.807) is 13.0 Å². The number of Topliss-reactive ketones (excluding diaryl/α,β-unsaturated/α-hetero) is 1. The molecular weight excluding hydrogens is 236 g/mol. The maximum Gasteiger partial charge on any atom is 0.362 e. The van der Waals surface area contributed by atoms with Crippen LogP contribution in [0.5, 0.6) is 0 Å². The highest BCUT2D eigenvalue weighted by molar-refractivity contribution is 6.64. The van der Waals surface area contributed by atoms with E-state index in [0.717, 1.165) is 0 Å². The fraction of sp³-hybridized carbons (Fsp3) is 0.417. The van der Waals surface area contributed by atoms with Crippen LogP contribution in [-0.2, 0) is 19.1 Å². The molecular formula is C12H16N2O4. The van der Waals surface area contributed by atoms with Gasteiger partial charge in [0.25, 0.3) is 0 Å². The number of ether oxygens (including phenoxy) is 2. The van der Waals surface area contributed by atoms with Crippen molar-refractivity contribution in [2.45, 2.75) is 13.8 Å². The van der Waals surface area contributed by atoms with Crippen molar-refractivity contribution in [1.29, 1.82) is 0 Å². The molecule has 6 heteroatoms. The molecule has 98 valence electrons. The van der Waals surface area contributed by atoms with Crippen LogP contribution in [-0.4, -0.2) is 30.7 Å². The highest BCUT2D eigenvalue weighted by atomic mass is 16.5. The Hall–Kier alpha value is -2.11. The first-order valence-electron chi connectivity index (χ1n) is 5.59. The standard InChI is InChI=1S/C12H16N2O4/c1-3-17-12(16)11(14-13)9(15)7-18-10-6-4-5-8(10)2/h4-6,8H,3,7,13H2,1-2H3/b14-11+/t8-/m0/s1. The van der Waals surface area contributed by atoms with Crippen LogP contribution in [0.4, 0.5) is 0 Å². The summed E-state index contributed by atoms with van der Waals surface area (Å²) < 4.78 is 9.95. The molecule has 0 aromatic heterocycles. The van der Waals surface area contributed by atoms with Crippen molar-refractivity contribution in [3.63, 3.8) is 0 Å². The van der Waals surface area contributed by atoms with Gasteiger partial charge in [0, 0.05) is 5.92 Å². The van der Waals surface area contributed by atoms with E-state index in [-0.39, 0.29) is 19.1 Å². The zero-order valence-electron chi connectivity index (χ0n) is 10.4. The van der Waals surface area contributed by atoms with Crippen molar-refractivity contribution < 1.29 is 19.1 Å². The van der Waals surface area contributed by atoms with Gasteiger partial charge in [-0.3, -0.25) is 4.79 Å². The predicted octanol–water partition coefficient (Wildman–Crippen LogP) is 0.540. The van der Waals surface area contributed by atoms with Crippen molar-refractivity contribution in [2.24, 2.45) is 16.9 Å². The van der Waals surface area contributed by atoms with Crippen molar-refractivity contribution >= 4 is 17.5 Å². The molecule has 0 aromatic rings. The van der Waals surface area contributed by atoms with Crippen LogP contribution >= 0.6 is 0 Å². The minimum atomic E-state index is -0.833. The molecule has 0 saturated heterocycles. The summed E-state index contributed by atoms with van der Waals surface area (Å²) in [7, 11) is 0. The molecule has 0 fully saturated rings. The quantitative estimate of drug-likeness (QED) is 0.245. The number of ketones is 1. The Morgan fingerprint density at radius 3 is 2.72 bits per heavy atom. The van der Waals surface area contributed by atoms with Crippen LogP contribution in [0.1, 0.15) is 13.8 Å². The number of carbonyl (C=O) groups excluding carboxylic acids is 2. The van der Waals surface area contributed by atoms with E-state index < -0.39 is 17.5 Å². The summed E-state index contributed by atoms with van der Waals surface area (Å²) in [5, 5.41) is 3.15. The molecule has 0 aliphatic heterocycles. The van der Waals surface area contributed by atoms with E-state index in [9.17, 15) is 9.59 Å². The molecule has 1 atom stereocenters. The first-order valence-corrected chi connectivity index (χ1v) is 5.59. The molecule has 0 aromatic carbocycles. The lowest BCUT2D eigenvalue weighted by Gasteiger charge is -2.10. The molecule has 0 spiro atoms. The summed E-state index contributed by atoms with van der Waals surface area (Å²) in [6.45, 7) is 3.43. The van der Waals surface area contributed by atoms with E-state index >= 15 is 0 Å². The fourth-order valence-electron chi connectivity index (χ4n) is 1.40. The summed E-state index contributed by atoms with van der Waals surface area (Å²) in [6, 6.07) is 0. The Labute approximate surface area is 105 Å². The van der Waals surface area contributed by atoms with Crippen LogP contribution in [0, 0.1) is 5.92 Å². The number of esters is 1. The molecule has 0 heterocycles. The van der Waals surface area contributed by atoms with Gasteiger partial charge < -0.3 is 15.3 Å². The number of hydrazone groups is 1. The molecule has 0 unspecified atom stereocenters. The highest BCUT2D eigenvalue weighted by Gasteiger charge is 2.23. The Bertz CT molecular complexity index is 424. The number of hydrogen-bond donors (Lipinski definition) is 1. The van der Waals surface area contributed by atoms with Gasteiger partial charge in [0.15, 0.2) is 6.61 Å². The third kappa shape index (κ3) is 3.44. The normalized spacial score (nSPS) is 18.4. The van der Waals surface area contributed by atoms with Crippen molar-refractivity contribution in [3.05, 3.63) is 24.0 Å². The molecule has 0 radical (unpaired) electrons. The van der Waals surface area contributed by atoms with Gasteiger partial charge in [-0.05, 0) is 13.0 Å². The zero-order valence-corrected chi connectivity index (χ0v) is 10.4. The van der Waals surface area contributed by atoms with Crippen molar-refractivity contribution in [2.75, 3.05) is 13.2 Å². The van der Waals surface area contributed by atoms with Gasteiger partial charge in [0.05, 0.1) is 6.61 Å². The van der Waals surface area contributed by atoms with E-state index in [4.69, 9.17) is 10.6 Å². The van der Waals surface area contributed by atoms with Gasteiger partial charge in [0.1, 0.15) is 5.76 Å². The minimum Gasteiger partial charge on any atom is -0.489 e. The second kappa shape index (κ2) is 6.58. The molecule has 6 nitrogen and oxygen atoms in total. The maximum absolute atomic E-state index is 11.7. The lowest BCUT2D eigenvalue weighted by molar-refractivity contribution is -0.136. The maximum atomic E-state index is 11.7. The Morgan fingerprint density at radius 2 is 2.22 bits per heavy atom. The number of nitrogens with zero attached hydrogens (tertiary/aromatic N) is 1. The number of hydrogen-bond acceptors (Lipinski definition) is 6. The monoisotopic (exact) mass is 252 g/mol. The summed E-state index contributed by atoms with van der Waals surface area (Å²) >= 11 is 0. The van der Waals surface area contributed by atoms with E-state index in [1.807, 2.05) is 19.1 Å². The van der Waals surface area contributed by atoms with Gasteiger partial charge in [-0.2, -0.15) is 5.10 Å². The minimum absolute atomic E-state index is 0.124. The van der Waals surface area contributed by atoms with Crippen LogP contribution in [0.25, 0.3) is 0 Å². The number of rotatable bonds is 6. The van der Waals surface area contributed by atoms with E-state index in [1.165, 1.54) is 0 Å². The summed E-state index contributed by atoms with van der Waals surface area (Å²) in [5.41, 5.74) is -0.434. The average molecular weight is 252 g/mol. The lowest BCUT2D eigenvalue weighted by atomic mass is 10.2. The van der Waals surface area contributed by atoms with Crippen molar-refractivity contribution in [3.8, 4) is 0 Å². The van der Waals surface area contributed by atoms with Gasteiger partial charge in [-0.1, -0.05) is 19.1 Å². The van der Waals surface area contributed by atoms with Crippen LogP contribution in [0.3, 0.4) is 0 Å². The molecule has 1 rings (SSSR count). The smallest absolute Gasteiger partial charge is 0.362 e. The molecule has 1 aliphatic carbocycles. The second-order valence-electron chi connectivity index (χ2n) is 3.65. The largest absolute Gasteiger partial charge is 0.489 e. The summed E-state index contributed by atoms with van der Waals surface area (Å²) in [4.78, 5) is 23.0. The molecule has 0 amide bonds. The number of carbonyl (C=O) groups is 2. The Balaban J connectivity index is 2.52. The first kappa shape index (κ1) is 14.0. The SMILES string of the molecule is CCOC(=O)/C(=N/N)C(=O)COC1=CC=C[C@@H]1C. The van der Waals surface area contributed by atoms with Gasteiger partial charge in [-0.25, -0.2) is 4.79 Å². The molecule has 0 bridgehead atoms. The van der Waals surface area contributed by atoms with Crippen LogP contribution in [0.2, 0.25) is 0 Å². The number of nitrogens with two attached hydrogens (primary N) is 1. The number of allylic oxidation sites excluding steroid dienone is 3. The summed E-state index contributed by atoms with van der Waals surface area (Å²) in [6.07, 6.45) is 5.54. The van der Waals surface area contributed by atoms with Crippen LogP contribution in [0.15, 0.2) is 29.1 Å². The molecule has 1 aliphatic rings. The van der Waals surface area contributed by atoms with Gasteiger partial charge >= 0.3 is 5.97 Å². The fourth-order valence-corrected chi connectivity index (χ4v) is 1.40.